The minimum absolute atomic E-state index is 0.144. The molecule has 0 unspecified atom stereocenters. The van der Waals surface area contributed by atoms with E-state index in [1.807, 2.05) is 56.3 Å². The fourth-order valence-corrected chi connectivity index (χ4v) is 2.60. The van der Waals surface area contributed by atoms with Crippen LogP contribution in [0.2, 0.25) is 0 Å². The lowest BCUT2D eigenvalue weighted by Gasteiger charge is -2.19. The molecule has 0 radical (unpaired) electrons. The molecule has 0 bridgehead atoms. The number of amides is 1. The van der Waals surface area contributed by atoms with Gasteiger partial charge < -0.3 is 5.32 Å². The number of aromatic nitrogens is 4. The van der Waals surface area contributed by atoms with Crippen molar-refractivity contribution < 1.29 is 4.79 Å². The van der Waals surface area contributed by atoms with Gasteiger partial charge in [-0.15, -0.1) is 0 Å². The van der Waals surface area contributed by atoms with Crippen LogP contribution in [0.4, 0.5) is 0 Å². The average Bonchev–Trinajstić information content (AvgIpc) is 3.08. The number of pyridine rings is 1. The van der Waals surface area contributed by atoms with Crippen LogP contribution in [0.3, 0.4) is 0 Å². The Kier molecular flexibility index (Phi) is 4.65. The van der Waals surface area contributed by atoms with Crippen LogP contribution in [-0.2, 0) is 6.54 Å². The van der Waals surface area contributed by atoms with Crippen LogP contribution in [0.1, 0.15) is 33.4 Å². The van der Waals surface area contributed by atoms with E-state index in [9.17, 15) is 4.79 Å². The molecule has 0 saturated carbocycles. The number of carbonyl (C=O) groups excluding carboxylic acids is 1. The highest BCUT2D eigenvalue weighted by Crippen LogP contribution is 2.16. The summed E-state index contributed by atoms with van der Waals surface area (Å²) in [5, 5.41) is 7.21. The highest BCUT2D eigenvalue weighted by atomic mass is 16.1. The molecule has 0 spiro atoms. The standard InChI is InChI=1S/C18H19N5O/c1-13-8-9-16(14(2)21-13)18(24)22-17(10-23-12-19-11-20-23)15-6-4-3-5-7-15/h3-9,11-12,17H,10H2,1-2H3,(H,22,24)/t17-/m1/s1. The Hall–Kier alpha value is -3.02. The van der Waals surface area contributed by atoms with E-state index in [0.29, 0.717) is 12.1 Å². The van der Waals surface area contributed by atoms with E-state index in [0.717, 1.165) is 17.0 Å². The molecule has 24 heavy (non-hydrogen) atoms. The molecule has 0 saturated heterocycles. The molecule has 122 valence electrons. The van der Waals surface area contributed by atoms with Crippen molar-refractivity contribution in [2.45, 2.75) is 26.4 Å². The molecule has 1 aromatic carbocycles. The highest BCUT2D eigenvalue weighted by molar-refractivity contribution is 5.95. The molecular formula is C18H19N5O. The minimum atomic E-state index is -0.207. The van der Waals surface area contributed by atoms with Crippen LogP contribution in [0, 0.1) is 13.8 Å². The van der Waals surface area contributed by atoms with Gasteiger partial charge >= 0.3 is 0 Å². The van der Waals surface area contributed by atoms with E-state index in [-0.39, 0.29) is 11.9 Å². The van der Waals surface area contributed by atoms with E-state index in [4.69, 9.17) is 0 Å². The van der Waals surface area contributed by atoms with Crippen LogP contribution in [-0.4, -0.2) is 25.7 Å². The predicted octanol–water partition coefficient (Wildman–Crippen LogP) is 2.46. The summed E-state index contributed by atoms with van der Waals surface area (Å²) in [7, 11) is 0. The quantitative estimate of drug-likeness (QED) is 0.783. The second-order valence-corrected chi connectivity index (χ2v) is 5.64. The number of carbonyl (C=O) groups is 1. The van der Waals surface area contributed by atoms with Crippen molar-refractivity contribution in [2.75, 3.05) is 0 Å². The second kappa shape index (κ2) is 7.04. The molecule has 6 heteroatoms. The molecule has 2 heterocycles. The molecule has 1 N–H and O–H groups in total. The number of hydrogen-bond donors (Lipinski definition) is 1. The van der Waals surface area contributed by atoms with Gasteiger partial charge in [0.15, 0.2) is 0 Å². The zero-order chi connectivity index (χ0) is 16.9. The largest absolute Gasteiger partial charge is 0.343 e. The van der Waals surface area contributed by atoms with Crippen molar-refractivity contribution in [3.05, 3.63) is 77.6 Å². The van der Waals surface area contributed by atoms with Gasteiger partial charge in [0, 0.05) is 5.69 Å². The average molecular weight is 321 g/mol. The van der Waals surface area contributed by atoms with Gasteiger partial charge in [0.1, 0.15) is 12.7 Å². The number of aryl methyl sites for hydroxylation is 2. The number of rotatable bonds is 5. The lowest BCUT2D eigenvalue weighted by Crippen LogP contribution is -2.32. The van der Waals surface area contributed by atoms with E-state index >= 15 is 0 Å². The van der Waals surface area contributed by atoms with Crippen LogP contribution in [0.25, 0.3) is 0 Å². The van der Waals surface area contributed by atoms with E-state index in [1.165, 1.54) is 6.33 Å². The first-order chi connectivity index (χ1) is 11.6. The van der Waals surface area contributed by atoms with Crippen LogP contribution in [0.5, 0.6) is 0 Å². The summed E-state index contributed by atoms with van der Waals surface area (Å²) >= 11 is 0. The second-order valence-electron chi connectivity index (χ2n) is 5.64. The van der Waals surface area contributed by atoms with Crippen LogP contribution >= 0.6 is 0 Å². The van der Waals surface area contributed by atoms with Crippen molar-refractivity contribution in [1.29, 1.82) is 0 Å². The molecule has 0 aliphatic carbocycles. The van der Waals surface area contributed by atoms with Gasteiger partial charge in [-0.2, -0.15) is 5.10 Å². The Bertz CT molecular complexity index is 815. The lowest BCUT2D eigenvalue weighted by atomic mass is 10.1. The molecule has 0 aliphatic heterocycles. The van der Waals surface area contributed by atoms with Gasteiger partial charge in [-0.1, -0.05) is 30.3 Å². The Balaban J connectivity index is 1.84. The molecule has 0 fully saturated rings. The van der Waals surface area contributed by atoms with Crippen LogP contribution in [0.15, 0.2) is 55.1 Å². The van der Waals surface area contributed by atoms with E-state index < -0.39 is 0 Å². The monoisotopic (exact) mass is 321 g/mol. The number of nitrogens with one attached hydrogen (secondary N) is 1. The molecule has 2 aromatic heterocycles. The zero-order valence-corrected chi connectivity index (χ0v) is 13.7. The Morgan fingerprint density at radius 1 is 1.17 bits per heavy atom. The maximum atomic E-state index is 12.7. The Morgan fingerprint density at radius 2 is 1.96 bits per heavy atom. The number of hydrogen-bond acceptors (Lipinski definition) is 4. The van der Waals surface area contributed by atoms with Gasteiger partial charge in [-0.3, -0.25) is 14.5 Å². The maximum Gasteiger partial charge on any atom is 0.253 e. The summed E-state index contributed by atoms with van der Waals surface area (Å²) in [6.07, 6.45) is 3.12. The number of benzene rings is 1. The lowest BCUT2D eigenvalue weighted by molar-refractivity contribution is 0.0930. The van der Waals surface area contributed by atoms with Gasteiger partial charge in [-0.25, -0.2) is 4.98 Å². The van der Waals surface area contributed by atoms with E-state index in [1.54, 1.807) is 11.0 Å². The number of nitrogens with zero attached hydrogens (tertiary/aromatic N) is 4. The first-order valence-corrected chi connectivity index (χ1v) is 7.76. The zero-order valence-electron chi connectivity index (χ0n) is 13.7. The molecule has 3 aromatic rings. The Morgan fingerprint density at radius 3 is 2.62 bits per heavy atom. The smallest absolute Gasteiger partial charge is 0.253 e. The third-order valence-electron chi connectivity index (χ3n) is 3.81. The van der Waals surface area contributed by atoms with Gasteiger partial charge in [0.05, 0.1) is 23.8 Å². The summed E-state index contributed by atoms with van der Waals surface area (Å²) in [6.45, 7) is 4.26. The Labute approximate surface area is 140 Å². The molecule has 1 amide bonds. The van der Waals surface area contributed by atoms with E-state index in [2.05, 4.69) is 20.4 Å². The first-order valence-electron chi connectivity index (χ1n) is 7.76. The molecule has 1 atom stereocenters. The van der Waals surface area contributed by atoms with Crippen LogP contribution < -0.4 is 5.32 Å². The minimum Gasteiger partial charge on any atom is -0.343 e. The third kappa shape index (κ3) is 3.65. The summed E-state index contributed by atoms with van der Waals surface area (Å²) in [5.74, 6) is -0.144. The fourth-order valence-electron chi connectivity index (χ4n) is 2.60. The molecule has 0 aliphatic rings. The molecule has 3 rings (SSSR count). The summed E-state index contributed by atoms with van der Waals surface area (Å²) < 4.78 is 1.71. The summed E-state index contributed by atoms with van der Waals surface area (Å²) in [6, 6.07) is 13.3. The highest BCUT2D eigenvalue weighted by Gasteiger charge is 2.18. The third-order valence-corrected chi connectivity index (χ3v) is 3.81. The maximum absolute atomic E-state index is 12.7. The van der Waals surface area contributed by atoms with Crippen molar-refractivity contribution in [3.63, 3.8) is 0 Å². The predicted molar refractivity (Wildman–Crippen MR) is 90.4 cm³/mol. The van der Waals surface area contributed by atoms with Crippen molar-refractivity contribution >= 4 is 5.91 Å². The summed E-state index contributed by atoms with van der Waals surface area (Å²) in [4.78, 5) is 21.0. The fraction of sp³-hybridized carbons (Fsp3) is 0.222. The SMILES string of the molecule is Cc1ccc(C(=O)N[C@H](Cn2cncn2)c2ccccc2)c(C)n1. The molecule has 6 nitrogen and oxygen atoms in total. The van der Waals surface area contributed by atoms with Gasteiger partial charge in [0.25, 0.3) is 5.91 Å². The summed E-state index contributed by atoms with van der Waals surface area (Å²) in [5.41, 5.74) is 3.21. The topological polar surface area (TPSA) is 72.7 Å². The van der Waals surface area contributed by atoms with Crippen molar-refractivity contribution in [2.24, 2.45) is 0 Å². The van der Waals surface area contributed by atoms with Gasteiger partial charge in [0.2, 0.25) is 0 Å². The van der Waals surface area contributed by atoms with Crippen molar-refractivity contribution in [1.82, 2.24) is 25.1 Å². The van der Waals surface area contributed by atoms with Crippen molar-refractivity contribution in [3.8, 4) is 0 Å². The normalized spacial score (nSPS) is 11.9. The first kappa shape index (κ1) is 15.9. The van der Waals surface area contributed by atoms with Gasteiger partial charge in [-0.05, 0) is 31.5 Å². The molecular weight excluding hydrogens is 302 g/mol.